The molecule has 2 heterocycles. The quantitative estimate of drug-likeness (QED) is 0.930. The summed E-state index contributed by atoms with van der Waals surface area (Å²) in [5.74, 6) is 1.30. The van der Waals surface area contributed by atoms with E-state index in [0.717, 1.165) is 63.1 Å². The smallest absolute Gasteiger partial charge is 0.251 e. The maximum absolute atomic E-state index is 12.5. The van der Waals surface area contributed by atoms with Crippen molar-refractivity contribution in [3.05, 3.63) is 23.8 Å². The lowest BCUT2D eigenvalue weighted by atomic mass is 9.84. The predicted octanol–water partition coefficient (Wildman–Crippen LogP) is 2.43. The number of amides is 1. The summed E-state index contributed by atoms with van der Waals surface area (Å²) in [6, 6.07) is 1.98. The highest BCUT2D eigenvalue weighted by molar-refractivity contribution is 5.81. The molecule has 3 rings (SSSR count). The van der Waals surface area contributed by atoms with Gasteiger partial charge in [-0.2, -0.15) is 0 Å². The number of aliphatic hydroxyl groups is 1. The minimum atomic E-state index is -0.798. The van der Waals surface area contributed by atoms with Crippen LogP contribution in [0.25, 0.3) is 0 Å². The topological polar surface area (TPSA) is 66.3 Å². The van der Waals surface area contributed by atoms with Crippen molar-refractivity contribution in [1.29, 1.82) is 0 Å². The Bertz CT molecular complexity index is 535. The van der Waals surface area contributed by atoms with Gasteiger partial charge < -0.3 is 10.0 Å². The molecule has 0 radical (unpaired) electrons. The second-order valence-electron chi connectivity index (χ2n) is 6.97. The molecule has 1 saturated heterocycles. The molecule has 0 aromatic carbocycles. The molecular weight excluding hydrogens is 290 g/mol. The van der Waals surface area contributed by atoms with Gasteiger partial charge in [-0.3, -0.25) is 4.79 Å². The summed E-state index contributed by atoms with van der Waals surface area (Å²) in [6.45, 7) is 3.34. The van der Waals surface area contributed by atoms with Crippen molar-refractivity contribution >= 4 is 5.91 Å². The Morgan fingerprint density at radius 1 is 1.22 bits per heavy atom. The van der Waals surface area contributed by atoms with E-state index >= 15 is 0 Å². The summed E-state index contributed by atoms with van der Waals surface area (Å²) in [4.78, 5) is 23.1. The Morgan fingerprint density at radius 3 is 2.57 bits per heavy atom. The van der Waals surface area contributed by atoms with Crippen molar-refractivity contribution in [2.75, 3.05) is 13.1 Å². The van der Waals surface area contributed by atoms with E-state index in [1.54, 1.807) is 0 Å². The number of nitrogens with zero attached hydrogens (tertiary/aromatic N) is 3. The fraction of sp³-hybridized carbons (Fsp3) is 0.722. The Labute approximate surface area is 138 Å². The minimum absolute atomic E-state index is 0.0609. The lowest BCUT2D eigenvalue weighted by Gasteiger charge is -2.35. The average molecular weight is 317 g/mol. The summed E-state index contributed by atoms with van der Waals surface area (Å²) >= 11 is 0. The zero-order chi connectivity index (χ0) is 16.2. The largest absolute Gasteiger partial charge is 0.383 e. The normalized spacial score (nSPS) is 22.1. The van der Waals surface area contributed by atoms with Gasteiger partial charge in [-0.1, -0.05) is 19.3 Å². The highest BCUT2D eigenvalue weighted by atomic mass is 16.3. The fourth-order valence-electron chi connectivity index (χ4n) is 3.94. The first kappa shape index (κ1) is 16.4. The van der Waals surface area contributed by atoms with E-state index in [-0.39, 0.29) is 11.8 Å². The molecule has 1 saturated carbocycles. The zero-order valence-electron chi connectivity index (χ0n) is 13.9. The van der Waals surface area contributed by atoms with Gasteiger partial charge in [-0.15, -0.1) is 0 Å². The molecule has 2 fully saturated rings. The van der Waals surface area contributed by atoms with Crippen LogP contribution in [0.2, 0.25) is 0 Å². The minimum Gasteiger partial charge on any atom is -0.383 e. The van der Waals surface area contributed by atoms with Gasteiger partial charge >= 0.3 is 0 Å². The summed E-state index contributed by atoms with van der Waals surface area (Å²) < 4.78 is 0. The van der Waals surface area contributed by atoms with Crippen molar-refractivity contribution in [1.82, 2.24) is 14.9 Å². The van der Waals surface area contributed by atoms with Crippen molar-refractivity contribution in [2.45, 2.75) is 63.9 Å². The van der Waals surface area contributed by atoms with Gasteiger partial charge in [0, 0.05) is 30.9 Å². The van der Waals surface area contributed by atoms with E-state index in [4.69, 9.17) is 0 Å². The second-order valence-corrected chi connectivity index (χ2v) is 6.97. The first-order chi connectivity index (χ1) is 11.1. The highest BCUT2D eigenvalue weighted by Gasteiger charge is 2.33. The Balaban J connectivity index is 1.54. The van der Waals surface area contributed by atoms with Crippen molar-refractivity contribution < 1.29 is 9.90 Å². The van der Waals surface area contributed by atoms with E-state index in [2.05, 4.69) is 9.97 Å². The number of aryl methyl sites for hydroxylation is 1. The lowest BCUT2D eigenvalue weighted by molar-refractivity contribution is -0.144. The number of aromatic nitrogens is 2. The van der Waals surface area contributed by atoms with Crippen LogP contribution in [0.15, 0.2) is 12.3 Å². The van der Waals surface area contributed by atoms with Crippen LogP contribution in [0.4, 0.5) is 0 Å². The molecule has 0 bridgehead atoms. The number of hydrogen-bond acceptors (Lipinski definition) is 4. The molecular formula is C18H27N3O2. The molecule has 1 amide bonds. The van der Waals surface area contributed by atoms with Crippen LogP contribution in [-0.4, -0.2) is 45.1 Å². The van der Waals surface area contributed by atoms with Crippen LogP contribution in [0.3, 0.4) is 0 Å². The standard InChI is InChI=1S/C18H27N3O2/c1-13-19-10-7-16(20-13)14-8-11-21(12-9-14)18(23)17(22)15-5-3-2-4-6-15/h7,10,14-15,17,22H,2-6,8-9,11-12H2,1H3/t17-/m1/s1. The van der Waals surface area contributed by atoms with E-state index in [1.807, 2.05) is 24.1 Å². The molecule has 1 aromatic rings. The molecule has 126 valence electrons. The molecule has 1 aliphatic heterocycles. The van der Waals surface area contributed by atoms with Crippen LogP contribution >= 0.6 is 0 Å². The monoisotopic (exact) mass is 317 g/mol. The number of piperidine rings is 1. The van der Waals surface area contributed by atoms with Crippen LogP contribution < -0.4 is 0 Å². The Hall–Kier alpha value is -1.49. The number of rotatable bonds is 3. The number of carbonyl (C=O) groups is 1. The first-order valence-electron chi connectivity index (χ1n) is 8.91. The second kappa shape index (κ2) is 7.39. The molecule has 23 heavy (non-hydrogen) atoms. The molecule has 1 aliphatic carbocycles. The van der Waals surface area contributed by atoms with Gasteiger partial charge in [-0.05, 0) is 44.6 Å². The molecule has 1 N–H and O–H groups in total. The first-order valence-corrected chi connectivity index (χ1v) is 8.91. The van der Waals surface area contributed by atoms with E-state index < -0.39 is 6.10 Å². The van der Waals surface area contributed by atoms with E-state index in [1.165, 1.54) is 6.42 Å². The van der Waals surface area contributed by atoms with Gasteiger partial charge in [0.25, 0.3) is 5.91 Å². The Kier molecular flexibility index (Phi) is 5.26. The van der Waals surface area contributed by atoms with Gasteiger partial charge in [0.15, 0.2) is 0 Å². The summed E-state index contributed by atoms with van der Waals surface area (Å²) in [6.07, 6.45) is 8.34. The molecule has 1 atom stereocenters. The fourth-order valence-corrected chi connectivity index (χ4v) is 3.94. The van der Waals surface area contributed by atoms with Crippen molar-refractivity contribution in [2.24, 2.45) is 5.92 Å². The van der Waals surface area contributed by atoms with Gasteiger partial charge in [0.1, 0.15) is 11.9 Å². The number of hydrogen-bond donors (Lipinski definition) is 1. The van der Waals surface area contributed by atoms with Gasteiger partial charge in [0.05, 0.1) is 0 Å². The lowest BCUT2D eigenvalue weighted by Crippen LogP contribution is -2.46. The third-order valence-electron chi connectivity index (χ3n) is 5.37. The molecule has 5 heteroatoms. The van der Waals surface area contributed by atoms with Crippen molar-refractivity contribution in [3.63, 3.8) is 0 Å². The van der Waals surface area contributed by atoms with E-state index in [9.17, 15) is 9.90 Å². The van der Waals surface area contributed by atoms with Crippen LogP contribution in [-0.2, 0) is 4.79 Å². The molecule has 1 aromatic heterocycles. The van der Waals surface area contributed by atoms with Crippen LogP contribution in [0.5, 0.6) is 0 Å². The average Bonchev–Trinajstić information content (AvgIpc) is 2.61. The SMILES string of the molecule is Cc1nccc(C2CCN(C(=O)[C@H](O)C3CCCCC3)CC2)n1. The highest BCUT2D eigenvalue weighted by Crippen LogP contribution is 2.30. The predicted molar refractivity (Wildman–Crippen MR) is 87.9 cm³/mol. The van der Waals surface area contributed by atoms with E-state index in [0.29, 0.717) is 5.92 Å². The zero-order valence-corrected chi connectivity index (χ0v) is 13.9. The van der Waals surface area contributed by atoms with Crippen LogP contribution in [0.1, 0.15) is 62.4 Å². The Morgan fingerprint density at radius 2 is 1.91 bits per heavy atom. The third-order valence-corrected chi connectivity index (χ3v) is 5.37. The summed E-state index contributed by atoms with van der Waals surface area (Å²) in [5.41, 5.74) is 1.08. The number of carbonyl (C=O) groups excluding carboxylic acids is 1. The summed E-state index contributed by atoms with van der Waals surface area (Å²) in [7, 11) is 0. The molecule has 0 spiro atoms. The molecule has 2 aliphatic rings. The summed E-state index contributed by atoms with van der Waals surface area (Å²) in [5, 5.41) is 10.4. The van der Waals surface area contributed by atoms with Gasteiger partial charge in [0.2, 0.25) is 0 Å². The number of likely N-dealkylation sites (tertiary alicyclic amines) is 1. The van der Waals surface area contributed by atoms with Gasteiger partial charge in [-0.25, -0.2) is 9.97 Å². The molecule has 5 nitrogen and oxygen atoms in total. The third kappa shape index (κ3) is 3.89. The maximum Gasteiger partial charge on any atom is 0.251 e. The molecule has 0 unspecified atom stereocenters. The van der Waals surface area contributed by atoms with Crippen molar-refractivity contribution in [3.8, 4) is 0 Å². The van der Waals surface area contributed by atoms with Crippen LogP contribution in [0, 0.1) is 12.8 Å². The maximum atomic E-state index is 12.5. The number of aliphatic hydroxyl groups excluding tert-OH is 1.